The summed E-state index contributed by atoms with van der Waals surface area (Å²) < 4.78 is 9.51. The van der Waals surface area contributed by atoms with Gasteiger partial charge in [0.05, 0.1) is 14.2 Å². The molecule has 0 bridgehead atoms. The van der Waals surface area contributed by atoms with E-state index in [4.69, 9.17) is 4.74 Å². The van der Waals surface area contributed by atoms with E-state index < -0.39 is 11.5 Å². The molecule has 0 unspecified atom stereocenters. The van der Waals surface area contributed by atoms with Crippen LogP contribution in [0, 0.1) is 6.92 Å². The number of aryl methyl sites for hydroxylation is 1. The third-order valence-electron chi connectivity index (χ3n) is 2.50. The number of esters is 1. The third kappa shape index (κ3) is 6.22. The Morgan fingerprint density at radius 2 is 1.70 bits per heavy atom. The highest BCUT2D eigenvalue weighted by Crippen LogP contribution is 2.14. The molecule has 0 heterocycles. The molecule has 0 saturated heterocycles. The zero-order chi connectivity index (χ0) is 15.8. The first-order valence-electron chi connectivity index (χ1n) is 6.21. The lowest BCUT2D eigenvalue weighted by atomic mass is 10.1. The Hall–Kier alpha value is -2.04. The summed E-state index contributed by atoms with van der Waals surface area (Å²) in [6.45, 7) is 6.55. The van der Waals surface area contributed by atoms with Crippen molar-refractivity contribution in [1.29, 1.82) is 0 Å². The predicted octanol–water partition coefficient (Wildman–Crippen LogP) is 2.08. The van der Waals surface area contributed by atoms with Crippen LogP contribution in [0.5, 0.6) is 5.75 Å². The SMILES string of the molecule is COC(=O)C(C)(C)NC(C)=O.COc1ccccc1C. The molecule has 0 aliphatic rings. The van der Waals surface area contributed by atoms with Crippen LogP contribution in [0.15, 0.2) is 24.3 Å². The quantitative estimate of drug-likeness (QED) is 0.862. The van der Waals surface area contributed by atoms with Crippen molar-refractivity contribution < 1.29 is 19.1 Å². The second-order valence-electron chi connectivity index (χ2n) is 4.77. The molecule has 1 aromatic rings. The topological polar surface area (TPSA) is 64.6 Å². The fourth-order valence-electron chi connectivity index (χ4n) is 1.53. The van der Waals surface area contributed by atoms with E-state index in [0.29, 0.717) is 0 Å². The van der Waals surface area contributed by atoms with Gasteiger partial charge < -0.3 is 14.8 Å². The van der Waals surface area contributed by atoms with Gasteiger partial charge in [0, 0.05) is 6.92 Å². The average molecular weight is 281 g/mol. The van der Waals surface area contributed by atoms with Crippen LogP contribution in [0.1, 0.15) is 26.3 Å². The van der Waals surface area contributed by atoms with Crippen molar-refractivity contribution >= 4 is 11.9 Å². The van der Waals surface area contributed by atoms with Gasteiger partial charge in [-0.3, -0.25) is 4.79 Å². The summed E-state index contributed by atoms with van der Waals surface area (Å²) in [5.74, 6) is 0.255. The van der Waals surface area contributed by atoms with E-state index in [2.05, 4.69) is 10.1 Å². The Kier molecular flexibility index (Phi) is 7.36. The number of benzene rings is 1. The lowest BCUT2D eigenvalue weighted by Crippen LogP contribution is -2.49. The molecule has 1 N–H and O–H groups in total. The number of para-hydroxylation sites is 1. The highest BCUT2D eigenvalue weighted by atomic mass is 16.5. The average Bonchev–Trinajstić information content (AvgIpc) is 2.37. The standard InChI is InChI=1S/C8H10O.C7H13NO3/c1-7-5-3-4-6-8(7)9-2;1-5(9)8-7(2,3)6(10)11-4/h3-6H,1-2H3;1-4H3,(H,8,9). The first-order valence-corrected chi connectivity index (χ1v) is 6.21. The number of hydrogen-bond donors (Lipinski definition) is 1. The molecule has 1 aromatic carbocycles. The van der Waals surface area contributed by atoms with Crippen molar-refractivity contribution in [3.05, 3.63) is 29.8 Å². The number of ether oxygens (including phenoxy) is 2. The van der Waals surface area contributed by atoms with E-state index in [-0.39, 0.29) is 5.91 Å². The molecule has 0 saturated carbocycles. The smallest absolute Gasteiger partial charge is 0.330 e. The minimum atomic E-state index is -0.930. The number of carbonyl (C=O) groups excluding carboxylic acids is 2. The van der Waals surface area contributed by atoms with Crippen LogP contribution in [-0.2, 0) is 14.3 Å². The third-order valence-corrected chi connectivity index (χ3v) is 2.50. The van der Waals surface area contributed by atoms with Crippen molar-refractivity contribution in [2.24, 2.45) is 0 Å². The largest absolute Gasteiger partial charge is 0.496 e. The molecule has 0 aliphatic heterocycles. The van der Waals surface area contributed by atoms with E-state index in [9.17, 15) is 9.59 Å². The maximum absolute atomic E-state index is 10.9. The van der Waals surface area contributed by atoms with Gasteiger partial charge in [0.15, 0.2) is 0 Å². The fraction of sp³-hybridized carbons (Fsp3) is 0.467. The van der Waals surface area contributed by atoms with Gasteiger partial charge in [-0.15, -0.1) is 0 Å². The molecule has 5 heteroatoms. The summed E-state index contributed by atoms with van der Waals surface area (Å²) in [5, 5.41) is 2.46. The van der Waals surface area contributed by atoms with Gasteiger partial charge in [-0.05, 0) is 32.4 Å². The Morgan fingerprint density at radius 3 is 2.05 bits per heavy atom. The Labute approximate surface area is 120 Å². The van der Waals surface area contributed by atoms with Gasteiger partial charge >= 0.3 is 5.97 Å². The zero-order valence-corrected chi connectivity index (χ0v) is 12.9. The monoisotopic (exact) mass is 281 g/mol. The van der Waals surface area contributed by atoms with Crippen molar-refractivity contribution in [3.8, 4) is 5.75 Å². The van der Waals surface area contributed by atoms with Crippen LogP contribution < -0.4 is 10.1 Å². The minimum absolute atomic E-state index is 0.250. The number of methoxy groups -OCH3 is 2. The summed E-state index contributed by atoms with van der Waals surface area (Å²) in [7, 11) is 2.97. The van der Waals surface area contributed by atoms with E-state index in [0.717, 1.165) is 5.75 Å². The molecule has 0 radical (unpaired) electrons. The highest BCUT2D eigenvalue weighted by Gasteiger charge is 2.28. The molecule has 0 atom stereocenters. The van der Waals surface area contributed by atoms with E-state index >= 15 is 0 Å². The molecule has 1 rings (SSSR count). The number of rotatable bonds is 3. The summed E-state index contributed by atoms with van der Waals surface area (Å²) in [5.41, 5.74) is 0.251. The molecule has 0 aromatic heterocycles. The Morgan fingerprint density at radius 1 is 1.15 bits per heavy atom. The zero-order valence-electron chi connectivity index (χ0n) is 12.9. The second kappa shape index (κ2) is 8.19. The Bertz CT molecular complexity index is 455. The second-order valence-corrected chi connectivity index (χ2v) is 4.77. The lowest BCUT2D eigenvalue weighted by Gasteiger charge is -2.21. The first kappa shape index (κ1) is 18.0. The molecule has 0 spiro atoms. The maximum atomic E-state index is 10.9. The summed E-state index contributed by atoms with van der Waals surface area (Å²) in [4.78, 5) is 21.5. The van der Waals surface area contributed by atoms with E-state index in [1.54, 1.807) is 21.0 Å². The molecule has 0 fully saturated rings. The van der Waals surface area contributed by atoms with Crippen LogP contribution in [-0.4, -0.2) is 31.6 Å². The normalized spacial score (nSPS) is 9.90. The number of hydrogen-bond acceptors (Lipinski definition) is 4. The predicted molar refractivity (Wildman–Crippen MR) is 77.6 cm³/mol. The van der Waals surface area contributed by atoms with Crippen LogP contribution >= 0.6 is 0 Å². The van der Waals surface area contributed by atoms with E-state index in [1.165, 1.54) is 19.6 Å². The molecule has 20 heavy (non-hydrogen) atoms. The summed E-state index contributed by atoms with van der Waals surface area (Å²) >= 11 is 0. The van der Waals surface area contributed by atoms with Crippen LogP contribution in [0.2, 0.25) is 0 Å². The number of nitrogens with one attached hydrogen (secondary N) is 1. The van der Waals surface area contributed by atoms with Crippen LogP contribution in [0.3, 0.4) is 0 Å². The fourth-order valence-corrected chi connectivity index (χ4v) is 1.53. The molecule has 0 aliphatic carbocycles. The van der Waals surface area contributed by atoms with Crippen LogP contribution in [0.25, 0.3) is 0 Å². The van der Waals surface area contributed by atoms with Crippen molar-refractivity contribution in [3.63, 3.8) is 0 Å². The van der Waals surface area contributed by atoms with Crippen molar-refractivity contribution in [1.82, 2.24) is 5.32 Å². The maximum Gasteiger partial charge on any atom is 0.330 e. The molecule has 112 valence electrons. The first-order chi connectivity index (χ1) is 9.24. The van der Waals surface area contributed by atoms with Crippen molar-refractivity contribution in [2.45, 2.75) is 33.2 Å². The molecular formula is C15H23NO4. The van der Waals surface area contributed by atoms with Gasteiger partial charge in [-0.2, -0.15) is 0 Å². The Balaban J connectivity index is 0.000000367. The number of carbonyl (C=O) groups is 2. The van der Waals surface area contributed by atoms with Crippen molar-refractivity contribution in [2.75, 3.05) is 14.2 Å². The van der Waals surface area contributed by atoms with Gasteiger partial charge in [0.1, 0.15) is 11.3 Å². The molecular weight excluding hydrogens is 258 g/mol. The lowest BCUT2D eigenvalue weighted by molar-refractivity contribution is -0.149. The van der Waals surface area contributed by atoms with Gasteiger partial charge in [0.2, 0.25) is 5.91 Å². The van der Waals surface area contributed by atoms with Crippen LogP contribution in [0.4, 0.5) is 0 Å². The van der Waals surface area contributed by atoms with Gasteiger partial charge in [-0.25, -0.2) is 4.79 Å². The number of amides is 1. The van der Waals surface area contributed by atoms with E-state index in [1.807, 2.05) is 31.2 Å². The van der Waals surface area contributed by atoms with Gasteiger partial charge in [0.25, 0.3) is 0 Å². The highest BCUT2D eigenvalue weighted by molar-refractivity contribution is 5.86. The summed E-state index contributed by atoms with van der Waals surface area (Å²) in [6, 6.07) is 7.94. The van der Waals surface area contributed by atoms with Gasteiger partial charge in [-0.1, -0.05) is 18.2 Å². The minimum Gasteiger partial charge on any atom is -0.496 e. The molecule has 1 amide bonds. The molecule has 5 nitrogen and oxygen atoms in total. The summed E-state index contributed by atoms with van der Waals surface area (Å²) in [6.07, 6.45) is 0.